The lowest BCUT2D eigenvalue weighted by Gasteiger charge is -2.18. The lowest BCUT2D eigenvalue weighted by Crippen LogP contribution is -2.30. The van der Waals surface area contributed by atoms with Gasteiger partial charge in [0.2, 0.25) is 0 Å². The van der Waals surface area contributed by atoms with Crippen molar-refractivity contribution >= 4 is 17.9 Å². The fourth-order valence-corrected chi connectivity index (χ4v) is 11.0. The summed E-state index contributed by atoms with van der Waals surface area (Å²) in [5.74, 6) is -0.840. The van der Waals surface area contributed by atoms with Gasteiger partial charge in [-0.05, 0) is 44.9 Å². The minimum atomic E-state index is -0.769. The van der Waals surface area contributed by atoms with E-state index in [9.17, 15) is 14.4 Å². The van der Waals surface area contributed by atoms with Gasteiger partial charge in [-0.2, -0.15) is 0 Å². The summed E-state index contributed by atoms with van der Waals surface area (Å²) in [6.07, 6.45) is 79.6. The molecule has 0 radical (unpaired) electrons. The normalized spacial score (nSPS) is 12.0. The summed E-state index contributed by atoms with van der Waals surface area (Å²) in [6, 6.07) is 0. The van der Waals surface area contributed by atoms with Gasteiger partial charge in [0.15, 0.2) is 6.10 Å². The molecule has 0 aromatic rings. The molecule has 0 aliphatic carbocycles. The topological polar surface area (TPSA) is 78.9 Å². The number of rotatable bonds is 66. The molecule has 0 spiro atoms. The number of ether oxygens (including phenoxy) is 3. The molecule has 6 heteroatoms. The molecule has 0 saturated heterocycles. The van der Waals surface area contributed by atoms with Gasteiger partial charge in [-0.3, -0.25) is 14.4 Å². The van der Waals surface area contributed by atoms with E-state index in [4.69, 9.17) is 14.2 Å². The highest BCUT2D eigenvalue weighted by Crippen LogP contribution is 2.19. The van der Waals surface area contributed by atoms with Gasteiger partial charge < -0.3 is 14.2 Å². The fraction of sp³-hybridized carbons (Fsp3) is 0.930. The van der Waals surface area contributed by atoms with Crippen molar-refractivity contribution in [1.82, 2.24) is 0 Å². The van der Waals surface area contributed by atoms with E-state index >= 15 is 0 Å². The first-order valence-corrected chi connectivity index (χ1v) is 35.2. The third-order valence-electron chi connectivity index (χ3n) is 16.3. The monoisotopic (exact) mass is 1090 g/mol. The second kappa shape index (κ2) is 66.7. The summed E-state index contributed by atoms with van der Waals surface area (Å²) >= 11 is 0. The average molecular weight is 1090 g/mol. The Labute approximate surface area is 481 Å². The lowest BCUT2D eigenvalue weighted by atomic mass is 10.0. The molecule has 0 N–H and O–H groups in total. The largest absolute Gasteiger partial charge is 0.462 e. The minimum absolute atomic E-state index is 0.0657. The van der Waals surface area contributed by atoms with Crippen LogP contribution in [0.3, 0.4) is 0 Å². The number of carbonyl (C=O) groups is 3. The molecule has 0 bridgehead atoms. The molecule has 456 valence electrons. The number of esters is 3. The van der Waals surface area contributed by atoms with E-state index in [-0.39, 0.29) is 31.1 Å². The van der Waals surface area contributed by atoms with Crippen molar-refractivity contribution in [1.29, 1.82) is 0 Å². The van der Waals surface area contributed by atoms with Crippen molar-refractivity contribution in [3.8, 4) is 0 Å². The van der Waals surface area contributed by atoms with Gasteiger partial charge in [-0.25, -0.2) is 0 Å². The zero-order valence-corrected chi connectivity index (χ0v) is 52.5. The molecule has 1 unspecified atom stereocenters. The maximum absolute atomic E-state index is 12.9. The Morgan fingerprint density at radius 1 is 0.247 bits per heavy atom. The van der Waals surface area contributed by atoms with E-state index in [1.807, 2.05) is 0 Å². The first-order valence-electron chi connectivity index (χ1n) is 35.2. The Balaban J connectivity index is 4.19. The van der Waals surface area contributed by atoms with Crippen LogP contribution < -0.4 is 0 Å². The Morgan fingerprint density at radius 3 is 0.649 bits per heavy atom. The summed E-state index contributed by atoms with van der Waals surface area (Å²) < 4.78 is 17.0. The Kier molecular flexibility index (Phi) is 65.1. The third kappa shape index (κ3) is 64.9. The molecule has 0 heterocycles. The van der Waals surface area contributed by atoms with Gasteiger partial charge in [0.1, 0.15) is 13.2 Å². The van der Waals surface area contributed by atoms with Crippen LogP contribution >= 0.6 is 0 Å². The second-order valence-corrected chi connectivity index (χ2v) is 24.2. The van der Waals surface area contributed by atoms with Crippen LogP contribution in [0.1, 0.15) is 406 Å². The minimum Gasteiger partial charge on any atom is -0.462 e. The van der Waals surface area contributed by atoms with Crippen LogP contribution in [0.5, 0.6) is 0 Å². The van der Waals surface area contributed by atoms with E-state index in [0.717, 1.165) is 64.2 Å². The number of hydrogen-bond donors (Lipinski definition) is 0. The highest BCUT2D eigenvalue weighted by atomic mass is 16.6. The van der Waals surface area contributed by atoms with Crippen LogP contribution in [0.2, 0.25) is 0 Å². The highest BCUT2D eigenvalue weighted by Gasteiger charge is 2.19. The maximum Gasteiger partial charge on any atom is 0.306 e. The van der Waals surface area contributed by atoms with E-state index in [0.29, 0.717) is 19.3 Å². The zero-order valence-electron chi connectivity index (χ0n) is 52.5. The molecule has 77 heavy (non-hydrogen) atoms. The summed E-state index contributed by atoms with van der Waals surface area (Å²) in [6.45, 7) is 6.72. The average Bonchev–Trinajstić information content (AvgIpc) is 3.43. The van der Waals surface area contributed by atoms with Gasteiger partial charge in [0.25, 0.3) is 0 Å². The smallest absolute Gasteiger partial charge is 0.306 e. The first-order chi connectivity index (χ1) is 38.0. The quantitative estimate of drug-likeness (QED) is 0.0261. The number of hydrogen-bond acceptors (Lipinski definition) is 6. The maximum atomic E-state index is 12.9. The second-order valence-electron chi connectivity index (χ2n) is 24.2. The SMILES string of the molecule is CCCCCCCC/C=C\CCCCCCCC(=O)OCC(COC(=O)CCCCCCCCCCCCCCCCCCCCCCCCCCCCC)OC(=O)CCCCCCCCCCCCCCCCCCC. The summed E-state index contributed by atoms with van der Waals surface area (Å²) in [7, 11) is 0. The standard InChI is InChI=1S/C71H136O6/c1-4-7-10-13-16-19-22-25-28-30-31-32-33-34-35-36-37-38-39-41-43-46-49-52-55-58-61-64-70(73)76-67-68(66-75-69(72)63-60-57-54-51-48-45-42-27-24-21-18-15-12-9-6-3)77-71(74)65-62-59-56-53-50-47-44-40-29-26-23-20-17-14-11-8-5-2/h27,42,68H,4-26,28-41,43-67H2,1-3H3/b42-27-. The predicted octanol–water partition coefficient (Wildman–Crippen LogP) is 24.0. The van der Waals surface area contributed by atoms with Crippen LogP contribution in [0, 0.1) is 0 Å². The molecule has 0 amide bonds. The number of carbonyl (C=O) groups excluding carboxylic acids is 3. The number of unbranched alkanes of at least 4 members (excludes halogenated alkanes) is 53. The molecule has 6 nitrogen and oxygen atoms in total. The van der Waals surface area contributed by atoms with Crippen LogP contribution in [0.25, 0.3) is 0 Å². The van der Waals surface area contributed by atoms with Gasteiger partial charge in [-0.15, -0.1) is 0 Å². The van der Waals surface area contributed by atoms with E-state index in [2.05, 4.69) is 32.9 Å². The van der Waals surface area contributed by atoms with Gasteiger partial charge in [-0.1, -0.05) is 354 Å². The molecule has 0 aliphatic rings. The predicted molar refractivity (Wildman–Crippen MR) is 335 cm³/mol. The Morgan fingerprint density at radius 2 is 0.429 bits per heavy atom. The van der Waals surface area contributed by atoms with Crippen LogP contribution in [-0.2, 0) is 28.6 Å². The van der Waals surface area contributed by atoms with Crippen molar-refractivity contribution in [2.24, 2.45) is 0 Å². The Bertz CT molecular complexity index is 1200. The summed E-state index contributed by atoms with van der Waals surface area (Å²) in [5.41, 5.74) is 0. The summed E-state index contributed by atoms with van der Waals surface area (Å²) in [5, 5.41) is 0. The molecule has 0 aromatic heterocycles. The van der Waals surface area contributed by atoms with Crippen molar-refractivity contribution in [2.75, 3.05) is 13.2 Å². The summed E-state index contributed by atoms with van der Waals surface area (Å²) in [4.78, 5) is 38.4. The molecule has 0 aromatic carbocycles. The van der Waals surface area contributed by atoms with E-state index < -0.39 is 6.10 Å². The van der Waals surface area contributed by atoms with Crippen molar-refractivity contribution in [3.63, 3.8) is 0 Å². The third-order valence-corrected chi connectivity index (χ3v) is 16.3. The van der Waals surface area contributed by atoms with Gasteiger partial charge in [0.05, 0.1) is 0 Å². The lowest BCUT2D eigenvalue weighted by molar-refractivity contribution is -0.167. The highest BCUT2D eigenvalue weighted by molar-refractivity contribution is 5.71. The Hall–Kier alpha value is -1.85. The molecule has 0 fully saturated rings. The molecule has 1 atom stereocenters. The van der Waals surface area contributed by atoms with Gasteiger partial charge >= 0.3 is 17.9 Å². The molecular weight excluding hydrogens is 949 g/mol. The van der Waals surface area contributed by atoms with Gasteiger partial charge in [0, 0.05) is 19.3 Å². The van der Waals surface area contributed by atoms with Crippen LogP contribution in [0.4, 0.5) is 0 Å². The molecule has 0 saturated carbocycles. The van der Waals surface area contributed by atoms with E-state index in [1.54, 1.807) is 0 Å². The fourth-order valence-electron chi connectivity index (χ4n) is 11.0. The van der Waals surface area contributed by atoms with Crippen molar-refractivity contribution < 1.29 is 28.6 Å². The molecular formula is C71H136O6. The van der Waals surface area contributed by atoms with Crippen molar-refractivity contribution in [2.45, 2.75) is 412 Å². The van der Waals surface area contributed by atoms with Crippen LogP contribution in [0.15, 0.2) is 12.2 Å². The first kappa shape index (κ1) is 75.2. The van der Waals surface area contributed by atoms with Crippen molar-refractivity contribution in [3.05, 3.63) is 12.2 Å². The molecule has 0 rings (SSSR count). The van der Waals surface area contributed by atoms with E-state index in [1.165, 1.54) is 302 Å². The zero-order chi connectivity index (χ0) is 55.7. The van der Waals surface area contributed by atoms with Crippen LogP contribution in [-0.4, -0.2) is 37.2 Å². The molecule has 0 aliphatic heterocycles. The number of allylic oxidation sites excluding steroid dienone is 2.